The maximum absolute atomic E-state index is 13.0. The van der Waals surface area contributed by atoms with Crippen LogP contribution in [0.25, 0.3) is 0 Å². The van der Waals surface area contributed by atoms with Crippen molar-refractivity contribution in [2.75, 3.05) is 26.2 Å². The fourth-order valence-electron chi connectivity index (χ4n) is 4.58. The van der Waals surface area contributed by atoms with E-state index in [4.69, 9.17) is 4.74 Å². The number of nitrogens with zero attached hydrogens (tertiary/aromatic N) is 3. The van der Waals surface area contributed by atoms with E-state index in [0.717, 1.165) is 69.7 Å². The molecular weight excluding hydrogens is 374 g/mol. The van der Waals surface area contributed by atoms with Gasteiger partial charge < -0.3 is 9.64 Å². The third-order valence-corrected chi connectivity index (χ3v) is 6.38. The van der Waals surface area contributed by atoms with Crippen LogP contribution in [-0.2, 0) is 6.42 Å². The molecule has 5 heteroatoms. The lowest BCUT2D eigenvalue weighted by atomic mass is 10.0. The molecule has 1 atom stereocenters. The lowest BCUT2D eigenvalue weighted by molar-refractivity contribution is 0.0683. The highest BCUT2D eigenvalue weighted by molar-refractivity contribution is 5.97. The largest absolute Gasteiger partial charge is 0.489 e. The third-order valence-electron chi connectivity index (χ3n) is 6.38. The fourth-order valence-corrected chi connectivity index (χ4v) is 4.58. The summed E-state index contributed by atoms with van der Waals surface area (Å²) in [4.78, 5) is 22.0. The van der Waals surface area contributed by atoms with E-state index in [1.165, 1.54) is 6.42 Å². The first-order valence-corrected chi connectivity index (χ1v) is 11.4. The van der Waals surface area contributed by atoms with Crippen molar-refractivity contribution in [2.24, 2.45) is 0 Å². The minimum atomic E-state index is 0.117. The molecule has 1 unspecified atom stereocenters. The number of pyridine rings is 1. The normalized spacial score (nSPS) is 19.4. The van der Waals surface area contributed by atoms with Gasteiger partial charge in [-0.1, -0.05) is 18.2 Å². The molecule has 0 N–H and O–H groups in total. The van der Waals surface area contributed by atoms with E-state index in [1.807, 2.05) is 41.4 Å². The van der Waals surface area contributed by atoms with E-state index < -0.39 is 0 Å². The van der Waals surface area contributed by atoms with Crippen molar-refractivity contribution in [3.63, 3.8) is 0 Å². The van der Waals surface area contributed by atoms with Gasteiger partial charge in [0.25, 0.3) is 5.91 Å². The average molecular weight is 408 g/mol. The Hall–Kier alpha value is -2.40. The van der Waals surface area contributed by atoms with Gasteiger partial charge in [0, 0.05) is 50.5 Å². The Morgan fingerprint density at radius 2 is 1.77 bits per heavy atom. The number of rotatable bonds is 6. The molecule has 2 aromatic rings. The van der Waals surface area contributed by atoms with Gasteiger partial charge in [0.2, 0.25) is 0 Å². The molecule has 0 saturated carbocycles. The van der Waals surface area contributed by atoms with Crippen LogP contribution in [0.5, 0.6) is 5.75 Å². The second kappa shape index (κ2) is 10.1. The summed E-state index contributed by atoms with van der Waals surface area (Å²) in [7, 11) is 0. The Morgan fingerprint density at radius 1 is 1.03 bits per heavy atom. The van der Waals surface area contributed by atoms with E-state index >= 15 is 0 Å². The van der Waals surface area contributed by atoms with Gasteiger partial charge in [0.1, 0.15) is 11.9 Å². The number of hydrogen-bond acceptors (Lipinski definition) is 4. The van der Waals surface area contributed by atoms with Crippen LogP contribution in [0.3, 0.4) is 0 Å². The van der Waals surface area contributed by atoms with Gasteiger partial charge in [-0.05, 0) is 63.3 Å². The number of ether oxygens (including phenoxy) is 1. The molecule has 2 fully saturated rings. The van der Waals surface area contributed by atoms with Crippen LogP contribution in [0, 0.1) is 0 Å². The van der Waals surface area contributed by atoms with Gasteiger partial charge in [-0.2, -0.15) is 0 Å². The molecule has 1 amide bonds. The highest BCUT2D eigenvalue weighted by Gasteiger charge is 2.26. The number of likely N-dealkylation sites (tertiary alicyclic amines) is 2. The van der Waals surface area contributed by atoms with Gasteiger partial charge in [-0.25, -0.2) is 0 Å². The molecule has 30 heavy (non-hydrogen) atoms. The predicted octanol–water partition coefficient (Wildman–Crippen LogP) is 4.18. The Balaban J connectivity index is 1.32. The Morgan fingerprint density at radius 3 is 2.50 bits per heavy atom. The molecule has 0 bridgehead atoms. The summed E-state index contributed by atoms with van der Waals surface area (Å²) in [6.07, 6.45) is 8.40. The molecule has 0 spiro atoms. The summed E-state index contributed by atoms with van der Waals surface area (Å²) in [6.45, 7) is 6.03. The van der Waals surface area contributed by atoms with Crippen LogP contribution < -0.4 is 4.74 Å². The highest BCUT2D eigenvalue weighted by Crippen LogP contribution is 2.26. The quantitative estimate of drug-likeness (QED) is 0.721. The van der Waals surface area contributed by atoms with Gasteiger partial charge >= 0.3 is 0 Å². The standard InChI is InChI=1S/C25H33N3O2/c1-20(19-21-9-5-6-14-26-21)27-17-12-22(13-18-27)30-24-11-4-3-10-23(24)25(29)28-15-7-2-8-16-28/h3-6,9-11,14,20,22H,2,7-8,12-13,15-19H2,1H3. The molecule has 160 valence electrons. The number of benzene rings is 1. The highest BCUT2D eigenvalue weighted by atomic mass is 16.5. The van der Waals surface area contributed by atoms with Crippen molar-refractivity contribution in [3.05, 3.63) is 59.9 Å². The smallest absolute Gasteiger partial charge is 0.257 e. The van der Waals surface area contributed by atoms with E-state index in [0.29, 0.717) is 11.6 Å². The van der Waals surface area contributed by atoms with Crippen molar-refractivity contribution in [1.82, 2.24) is 14.8 Å². The first kappa shape index (κ1) is 20.9. The van der Waals surface area contributed by atoms with Crippen molar-refractivity contribution in [3.8, 4) is 5.75 Å². The molecule has 3 heterocycles. The lowest BCUT2D eigenvalue weighted by Crippen LogP contribution is -2.44. The molecular formula is C25H33N3O2. The number of amides is 1. The van der Waals surface area contributed by atoms with E-state index in [-0.39, 0.29) is 12.0 Å². The zero-order valence-electron chi connectivity index (χ0n) is 18.0. The first-order valence-electron chi connectivity index (χ1n) is 11.4. The van der Waals surface area contributed by atoms with Gasteiger partial charge in [0.15, 0.2) is 0 Å². The van der Waals surface area contributed by atoms with Crippen molar-refractivity contribution in [1.29, 1.82) is 0 Å². The summed E-state index contributed by atoms with van der Waals surface area (Å²) in [6, 6.07) is 14.3. The van der Waals surface area contributed by atoms with Crippen molar-refractivity contribution >= 4 is 5.91 Å². The fraction of sp³-hybridized carbons (Fsp3) is 0.520. The molecule has 0 radical (unpaired) electrons. The summed E-state index contributed by atoms with van der Waals surface area (Å²) < 4.78 is 6.36. The van der Waals surface area contributed by atoms with Crippen molar-refractivity contribution < 1.29 is 9.53 Å². The van der Waals surface area contributed by atoms with Gasteiger partial charge in [-0.15, -0.1) is 0 Å². The summed E-state index contributed by atoms with van der Waals surface area (Å²) in [5.74, 6) is 0.861. The maximum Gasteiger partial charge on any atom is 0.257 e. The minimum Gasteiger partial charge on any atom is -0.489 e. The zero-order valence-corrected chi connectivity index (χ0v) is 18.0. The Labute approximate surface area is 180 Å². The van der Waals surface area contributed by atoms with Crippen LogP contribution in [0.1, 0.15) is 55.1 Å². The average Bonchev–Trinajstić information content (AvgIpc) is 2.81. The molecule has 2 aliphatic heterocycles. The Bertz CT molecular complexity index is 812. The van der Waals surface area contributed by atoms with E-state index in [9.17, 15) is 4.79 Å². The number of carbonyl (C=O) groups is 1. The summed E-state index contributed by atoms with van der Waals surface area (Å²) in [5, 5.41) is 0. The number of piperidine rings is 2. The SMILES string of the molecule is CC(Cc1ccccn1)N1CCC(Oc2ccccc2C(=O)N2CCCCC2)CC1. The topological polar surface area (TPSA) is 45.7 Å². The molecule has 4 rings (SSSR count). The Kier molecular flexibility index (Phi) is 7.00. The molecule has 2 saturated heterocycles. The minimum absolute atomic E-state index is 0.117. The monoisotopic (exact) mass is 407 g/mol. The van der Waals surface area contributed by atoms with Crippen LogP contribution in [0.2, 0.25) is 0 Å². The zero-order chi connectivity index (χ0) is 20.8. The number of aromatic nitrogens is 1. The second-order valence-corrected chi connectivity index (χ2v) is 8.58. The van der Waals surface area contributed by atoms with Crippen LogP contribution in [-0.4, -0.2) is 59.0 Å². The molecule has 1 aromatic carbocycles. The molecule has 0 aliphatic carbocycles. The number of para-hydroxylation sites is 1. The number of hydrogen-bond donors (Lipinski definition) is 0. The van der Waals surface area contributed by atoms with Crippen LogP contribution in [0.4, 0.5) is 0 Å². The predicted molar refractivity (Wildman–Crippen MR) is 119 cm³/mol. The first-order chi connectivity index (χ1) is 14.7. The molecule has 5 nitrogen and oxygen atoms in total. The van der Waals surface area contributed by atoms with E-state index in [2.05, 4.69) is 28.9 Å². The van der Waals surface area contributed by atoms with Crippen LogP contribution in [0.15, 0.2) is 48.7 Å². The van der Waals surface area contributed by atoms with Gasteiger partial charge in [-0.3, -0.25) is 14.7 Å². The lowest BCUT2D eigenvalue weighted by Gasteiger charge is -2.36. The summed E-state index contributed by atoms with van der Waals surface area (Å²) >= 11 is 0. The van der Waals surface area contributed by atoms with Gasteiger partial charge in [0.05, 0.1) is 5.56 Å². The molecule has 1 aromatic heterocycles. The number of carbonyl (C=O) groups excluding carboxylic acids is 1. The molecule has 2 aliphatic rings. The summed E-state index contributed by atoms with van der Waals surface area (Å²) in [5.41, 5.74) is 1.86. The maximum atomic E-state index is 13.0. The van der Waals surface area contributed by atoms with Crippen LogP contribution >= 0.6 is 0 Å². The second-order valence-electron chi connectivity index (χ2n) is 8.58. The van der Waals surface area contributed by atoms with E-state index in [1.54, 1.807) is 0 Å². The third kappa shape index (κ3) is 5.20. The van der Waals surface area contributed by atoms with Crippen molar-refractivity contribution in [2.45, 2.75) is 57.6 Å².